The number of amides is 1. The van der Waals surface area contributed by atoms with Gasteiger partial charge < -0.3 is 19.4 Å². The topological polar surface area (TPSA) is 71.6 Å². The van der Waals surface area contributed by atoms with Crippen LogP contribution in [-0.2, 0) is 20.8 Å². The van der Waals surface area contributed by atoms with Crippen molar-refractivity contribution in [2.24, 2.45) is 5.92 Å². The maximum Gasteiger partial charge on any atom is 0.355 e. The Kier molecular flexibility index (Phi) is 7.16. The Morgan fingerprint density at radius 2 is 1.93 bits per heavy atom. The summed E-state index contributed by atoms with van der Waals surface area (Å²) in [4.78, 5) is 30.4. The van der Waals surface area contributed by atoms with Crippen LogP contribution in [0.4, 0.5) is 0 Å². The molecule has 1 amide bonds. The molecule has 1 aromatic heterocycles. The van der Waals surface area contributed by atoms with Crippen molar-refractivity contribution in [1.29, 1.82) is 0 Å². The van der Waals surface area contributed by atoms with Gasteiger partial charge in [0.05, 0.1) is 12.7 Å². The molecule has 0 unspecified atom stereocenters. The summed E-state index contributed by atoms with van der Waals surface area (Å²) in [5, 5.41) is 0. The first-order chi connectivity index (χ1) is 13.5. The molecule has 1 aromatic rings. The molecule has 2 heterocycles. The number of nitrogens with one attached hydrogen (secondary N) is 1. The Bertz CT molecular complexity index is 685. The maximum atomic E-state index is 13.1. The fourth-order valence-corrected chi connectivity index (χ4v) is 4.50. The number of H-pyrrole nitrogens is 1. The minimum absolute atomic E-state index is 0.122. The van der Waals surface area contributed by atoms with Crippen LogP contribution in [0, 0.1) is 19.8 Å². The molecule has 0 spiro atoms. The Balaban J connectivity index is 1.76. The summed E-state index contributed by atoms with van der Waals surface area (Å²) < 4.78 is 11.0. The van der Waals surface area contributed by atoms with Crippen molar-refractivity contribution >= 4 is 11.9 Å². The van der Waals surface area contributed by atoms with Gasteiger partial charge in [-0.1, -0.05) is 12.8 Å². The van der Waals surface area contributed by atoms with Gasteiger partial charge in [-0.15, -0.1) is 0 Å². The molecule has 1 atom stereocenters. The molecule has 1 saturated carbocycles. The Labute approximate surface area is 168 Å². The molecule has 156 valence electrons. The third-order valence-electron chi connectivity index (χ3n) is 6.16. The highest BCUT2D eigenvalue weighted by Gasteiger charge is 2.28. The van der Waals surface area contributed by atoms with Crippen LogP contribution in [0.1, 0.15) is 79.2 Å². The van der Waals surface area contributed by atoms with Gasteiger partial charge in [0.2, 0.25) is 5.91 Å². The number of rotatable bonds is 8. The van der Waals surface area contributed by atoms with Crippen LogP contribution >= 0.6 is 0 Å². The molecule has 6 heteroatoms. The van der Waals surface area contributed by atoms with Crippen molar-refractivity contribution in [2.45, 2.75) is 78.4 Å². The Hall–Kier alpha value is -1.82. The van der Waals surface area contributed by atoms with Crippen LogP contribution in [0.25, 0.3) is 0 Å². The first-order valence-corrected chi connectivity index (χ1v) is 10.7. The summed E-state index contributed by atoms with van der Waals surface area (Å²) in [6.45, 7) is 7.95. The van der Waals surface area contributed by atoms with E-state index >= 15 is 0 Å². The molecule has 3 rings (SSSR count). The Morgan fingerprint density at radius 1 is 1.18 bits per heavy atom. The lowest BCUT2D eigenvalue weighted by molar-refractivity contribution is -0.134. The van der Waals surface area contributed by atoms with Crippen LogP contribution in [0.2, 0.25) is 0 Å². The van der Waals surface area contributed by atoms with Gasteiger partial charge in [-0.2, -0.15) is 0 Å². The first-order valence-electron chi connectivity index (χ1n) is 10.7. The minimum Gasteiger partial charge on any atom is -0.461 e. The highest BCUT2D eigenvalue weighted by Crippen LogP contribution is 2.29. The third kappa shape index (κ3) is 4.96. The number of aryl methyl sites for hydroxylation is 1. The van der Waals surface area contributed by atoms with Gasteiger partial charge in [0.25, 0.3) is 0 Å². The van der Waals surface area contributed by atoms with E-state index < -0.39 is 0 Å². The fraction of sp³-hybridized carbons (Fsp3) is 0.727. The van der Waals surface area contributed by atoms with Gasteiger partial charge in [0, 0.05) is 31.8 Å². The first kappa shape index (κ1) is 20.9. The van der Waals surface area contributed by atoms with Crippen LogP contribution in [0.15, 0.2) is 0 Å². The van der Waals surface area contributed by atoms with Crippen molar-refractivity contribution in [3.8, 4) is 0 Å². The molecular weight excluding hydrogens is 356 g/mol. The predicted octanol–water partition coefficient (Wildman–Crippen LogP) is 3.90. The second-order valence-corrected chi connectivity index (χ2v) is 8.21. The lowest BCUT2D eigenvalue weighted by atomic mass is 10.0. The zero-order valence-corrected chi connectivity index (χ0v) is 17.5. The number of hydrogen-bond donors (Lipinski definition) is 1. The zero-order valence-electron chi connectivity index (χ0n) is 17.5. The van der Waals surface area contributed by atoms with Crippen molar-refractivity contribution in [2.75, 3.05) is 19.8 Å². The number of hydrogen-bond acceptors (Lipinski definition) is 4. The monoisotopic (exact) mass is 390 g/mol. The maximum absolute atomic E-state index is 13.1. The average Bonchev–Trinajstić information content (AvgIpc) is 3.40. The summed E-state index contributed by atoms with van der Waals surface area (Å²) in [6, 6.07) is 0. The van der Waals surface area contributed by atoms with Crippen LogP contribution in [0.3, 0.4) is 0 Å². The number of aromatic nitrogens is 1. The lowest BCUT2D eigenvalue weighted by Crippen LogP contribution is -2.37. The molecule has 28 heavy (non-hydrogen) atoms. The second-order valence-electron chi connectivity index (χ2n) is 8.21. The number of nitrogens with zero attached hydrogens (tertiary/aromatic N) is 1. The molecule has 2 fully saturated rings. The van der Waals surface area contributed by atoms with Gasteiger partial charge in [-0.05, 0) is 63.5 Å². The lowest BCUT2D eigenvalue weighted by Gasteiger charge is -2.27. The molecule has 0 bridgehead atoms. The number of esters is 1. The molecule has 1 saturated heterocycles. The summed E-state index contributed by atoms with van der Waals surface area (Å²) >= 11 is 0. The third-order valence-corrected chi connectivity index (χ3v) is 6.16. The quantitative estimate of drug-likeness (QED) is 0.684. The molecular formula is C22H34N2O4. The van der Waals surface area contributed by atoms with Gasteiger partial charge in [-0.3, -0.25) is 4.79 Å². The van der Waals surface area contributed by atoms with E-state index in [1.165, 1.54) is 12.8 Å². The number of carbonyl (C=O) groups is 2. The zero-order chi connectivity index (χ0) is 20.1. The summed E-state index contributed by atoms with van der Waals surface area (Å²) in [6.07, 6.45) is 7.61. The normalized spacial score (nSPS) is 19.9. The second kappa shape index (κ2) is 9.59. The number of carbonyl (C=O) groups excluding carboxylic acids is 2. The molecule has 1 aliphatic heterocycles. The SMILES string of the molecule is CCOC(=O)c1[nH]c(C)c(CN(C[C@H]2CCCO2)C(=O)CC2CCCC2)c1C. The van der Waals surface area contributed by atoms with Gasteiger partial charge in [-0.25, -0.2) is 4.79 Å². The van der Waals surface area contributed by atoms with E-state index in [2.05, 4.69) is 4.98 Å². The molecule has 1 N–H and O–H groups in total. The average molecular weight is 391 g/mol. The van der Waals surface area contributed by atoms with E-state index in [1.54, 1.807) is 6.92 Å². The fourth-order valence-electron chi connectivity index (χ4n) is 4.50. The van der Waals surface area contributed by atoms with E-state index in [-0.39, 0.29) is 18.0 Å². The molecule has 1 aliphatic carbocycles. The minimum atomic E-state index is -0.336. The van der Waals surface area contributed by atoms with Crippen molar-refractivity contribution in [1.82, 2.24) is 9.88 Å². The molecule has 0 radical (unpaired) electrons. The van der Waals surface area contributed by atoms with Crippen LogP contribution in [0.5, 0.6) is 0 Å². The number of aromatic amines is 1. The smallest absolute Gasteiger partial charge is 0.355 e. The van der Waals surface area contributed by atoms with Crippen molar-refractivity contribution in [3.63, 3.8) is 0 Å². The molecule has 2 aliphatic rings. The molecule has 6 nitrogen and oxygen atoms in total. The highest BCUT2D eigenvalue weighted by atomic mass is 16.5. The standard InChI is InChI=1S/C22H34N2O4/c1-4-27-22(26)21-15(2)19(16(3)23-21)14-24(13-18-10-7-11-28-18)20(25)12-17-8-5-6-9-17/h17-18,23H,4-14H2,1-3H3/t18-/m1/s1. The summed E-state index contributed by atoms with van der Waals surface area (Å²) in [5.41, 5.74) is 3.31. The van der Waals surface area contributed by atoms with Crippen molar-refractivity contribution < 1.29 is 19.1 Å². The van der Waals surface area contributed by atoms with Crippen molar-refractivity contribution in [3.05, 3.63) is 22.5 Å². The van der Waals surface area contributed by atoms with E-state index in [0.29, 0.717) is 37.7 Å². The largest absolute Gasteiger partial charge is 0.461 e. The van der Waals surface area contributed by atoms with E-state index in [0.717, 1.165) is 49.1 Å². The van der Waals surface area contributed by atoms with Crippen LogP contribution in [-0.4, -0.2) is 47.6 Å². The van der Waals surface area contributed by atoms with Crippen LogP contribution < -0.4 is 0 Å². The Morgan fingerprint density at radius 3 is 2.57 bits per heavy atom. The number of ether oxygens (including phenoxy) is 2. The van der Waals surface area contributed by atoms with E-state index in [1.807, 2.05) is 18.7 Å². The summed E-state index contributed by atoms with van der Waals surface area (Å²) in [5.74, 6) is 0.389. The van der Waals surface area contributed by atoms with E-state index in [4.69, 9.17) is 9.47 Å². The highest BCUT2D eigenvalue weighted by molar-refractivity contribution is 5.90. The van der Waals surface area contributed by atoms with E-state index in [9.17, 15) is 9.59 Å². The van der Waals surface area contributed by atoms with Gasteiger partial charge in [0.1, 0.15) is 5.69 Å². The van der Waals surface area contributed by atoms with Gasteiger partial charge >= 0.3 is 5.97 Å². The summed E-state index contributed by atoms with van der Waals surface area (Å²) in [7, 11) is 0. The molecule has 0 aromatic carbocycles. The predicted molar refractivity (Wildman–Crippen MR) is 107 cm³/mol. The van der Waals surface area contributed by atoms with Gasteiger partial charge in [0.15, 0.2) is 0 Å².